The molecule has 1 aromatic carbocycles. The molecule has 0 saturated heterocycles. The van der Waals surface area contributed by atoms with Crippen molar-refractivity contribution in [1.29, 1.82) is 5.26 Å². The molecular weight excluding hydrogens is 250 g/mol. The second kappa shape index (κ2) is 7.05. The van der Waals surface area contributed by atoms with E-state index in [9.17, 15) is 8.78 Å². The molecule has 0 aliphatic rings. The van der Waals surface area contributed by atoms with E-state index in [0.29, 0.717) is 31.7 Å². The van der Waals surface area contributed by atoms with Gasteiger partial charge >= 0.3 is 0 Å². The maximum atomic E-state index is 12.9. The van der Waals surface area contributed by atoms with Crippen molar-refractivity contribution in [2.24, 2.45) is 0 Å². The second-order valence-electron chi connectivity index (χ2n) is 4.50. The highest BCUT2D eigenvalue weighted by atomic mass is 19.2. The molecule has 1 unspecified atom stereocenters. The Bertz CT molecular complexity index is 459. The van der Waals surface area contributed by atoms with E-state index in [1.165, 1.54) is 6.07 Å². The van der Waals surface area contributed by atoms with Crippen LogP contribution < -0.4 is 10.1 Å². The van der Waals surface area contributed by atoms with Gasteiger partial charge in [-0.1, -0.05) is 6.92 Å². The molecule has 0 heterocycles. The van der Waals surface area contributed by atoms with Gasteiger partial charge in [-0.15, -0.1) is 0 Å². The standard InChI is InChI=1S/C14H18F2N2O/c1-3-18-14(2,10-17)7-4-8-19-11-5-6-12(15)13(16)9-11/h5-6,9,18H,3-4,7-8H2,1-2H3. The van der Waals surface area contributed by atoms with Gasteiger partial charge in [-0.05, 0) is 38.4 Å². The Morgan fingerprint density at radius 1 is 1.37 bits per heavy atom. The van der Waals surface area contributed by atoms with Crippen LogP contribution in [0.4, 0.5) is 8.78 Å². The number of nitriles is 1. The molecule has 5 heteroatoms. The van der Waals surface area contributed by atoms with E-state index in [4.69, 9.17) is 10.00 Å². The molecule has 3 nitrogen and oxygen atoms in total. The lowest BCUT2D eigenvalue weighted by Gasteiger charge is -2.22. The zero-order chi connectivity index (χ0) is 14.3. The van der Waals surface area contributed by atoms with E-state index in [0.717, 1.165) is 12.1 Å². The van der Waals surface area contributed by atoms with Crippen molar-refractivity contribution in [2.45, 2.75) is 32.2 Å². The van der Waals surface area contributed by atoms with Gasteiger partial charge in [0.1, 0.15) is 11.3 Å². The number of benzene rings is 1. The third-order valence-corrected chi connectivity index (χ3v) is 2.79. The highest BCUT2D eigenvalue weighted by molar-refractivity contribution is 5.23. The summed E-state index contributed by atoms with van der Waals surface area (Å²) >= 11 is 0. The predicted octanol–water partition coefficient (Wildman–Crippen LogP) is 3.02. The first-order valence-electron chi connectivity index (χ1n) is 6.25. The quantitative estimate of drug-likeness (QED) is 0.773. The fourth-order valence-corrected chi connectivity index (χ4v) is 1.76. The minimum absolute atomic E-state index is 0.293. The van der Waals surface area contributed by atoms with Crippen LogP contribution in [0.2, 0.25) is 0 Å². The van der Waals surface area contributed by atoms with Gasteiger partial charge in [-0.3, -0.25) is 5.32 Å². The van der Waals surface area contributed by atoms with Crippen molar-refractivity contribution < 1.29 is 13.5 Å². The minimum Gasteiger partial charge on any atom is -0.493 e. The first-order chi connectivity index (χ1) is 9.00. The smallest absolute Gasteiger partial charge is 0.162 e. The van der Waals surface area contributed by atoms with E-state index in [-0.39, 0.29) is 0 Å². The molecule has 0 spiro atoms. The van der Waals surface area contributed by atoms with Crippen molar-refractivity contribution in [3.8, 4) is 11.8 Å². The zero-order valence-electron chi connectivity index (χ0n) is 11.2. The van der Waals surface area contributed by atoms with Crippen molar-refractivity contribution in [3.05, 3.63) is 29.8 Å². The van der Waals surface area contributed by atoms with Crippen molar-refractivity contribution in [1.82, 2.24) is 5.32 Å². The molecule has 104 valence electrons. The van der Waals surface area contributed by atoms with E-state index < -0.39 is 17.2 Å². The topological polar surface area (TPSA) is 45.0 Å². The van der Waals surface area contributed by atoms with Crippen LogP contribution in [0.1, 0.15) is 26.7 Å². The maximum absolute atomic E-state index is 12.9. The normalized spacial score (nSPS) is 13.6. The maximum Gasteiger partial charge on any atom is 0.162 e. The molecule has 19 heavy (non-hydrogen) atoms. The predicted molar refractivity (Wildman–Crippen MR) is 68.8 cm³/mol. The number of halogens is 2. The summed E-state index contributed by atoms with van der Waals surface area (Å²) in [5.74, 6) is -1.52. The van der Waals surface area contributed by atoms with Crippen molar-refractivity contribution >= 4 is 0 Å². The molecular formula is C14H18F2N2O. The van der Waals surface area contributed by atoms with Gasteiger partial charge in [-0.2, -0.15) is 5.26 Å². The Hall–Kier alpha value is -1.67. The van der Waals surface area contributed by atoms with Gasteiger partial charge < -0.3 is 4.74 Å². The molecule has 1 N–H and O–H groups in total. The molecule has 1 aromatic rings. The highest BCUT2D eigenvalue weighted by Crippen LogP contribution is 2.17. The molecule has 0 bridgehead atoms. The lowest BCUT2D eigenvalue weighted by molar-refractivity contribution is 0.284. The summed E-state index contributed by atoms with van der Waals surface area (Å²) in [5.41, 5.74) is -0.577. The number of hydrogen-bond donors (Lipinski definition) is 1. The first-order valence-corrected chi connectivity index (χ1v) is 6.25. The fourth-order valence-electron chi connectivity index (χ4n) is 1.76. The second-order valence-corrected chi connectivity index (χ2v) is 4.50. The van der Waals surface area contributed by atoms with Crippen molar-refractivity contribution in [2.75, 3.05) is 13.2 Å². The summed E-state index contributed by atoms with van der Waals surface area (Å²) in [5, 5.41) is 12.2. The van der Waals surface area contributed by atoms with E-state index in [1.54, 1.807) is 0 Å². The summed E-state index contributed by atoms with van der Waals surface area (Å²) in [4.78, 5) is 0. The fraction of sp³-hybridized carbons (Fsp3) is 0.500. The first kappa shape index (κ1) is 15.4. The number of nitrogens with one attached hydrogen (secondary N) is 1. The Morgan fingerprint density at radius 2 is 2.11 bits per heavy atom. The Kier molecular flexibility index (Phi) is 5.71. The van der Waals surface area contributed by atoms with Crippen LogP contribution in [0.5, 0.6) is 5.75 Å². The molecule has 1 atom stereocenters. The van der Waals surface area contributed by atoms with Crippen LogP contribution in [0.15, 0.2) is 18.2 Å². The van der Waals surface area contributed by atoms with E-state index >= 15 is 0 Å². The lowest BCUT2D eigenvalue weighted by atomic mass is 9.98. The molecule has 1 rings (SSSR count). The Morgan fingerprint density at radius 3 is 2.68 bits per heavy atom. The molecule has 0 fully saturated rings. The molecule has 0 saturated carbocycles. The minimum atomic E-state index is -0.924. The summed E-state index contributed by atoms with van der Waals surface area (Å²) in [7, 11) is 0. The van der Waals surface area contributed by atoms with Gasteiger partial charge in [0.2, 0.25) is 0 Å². The summed E-state index contributed by atoms with van der Waals surface area (Å²) in [6.45, 7) is 4.84. The van der Waals surface area contributed by atoms with Gasteiger partial charge in [0.15, 0.2) is 11.6 Å². The SMILES string of the molecule is CCNC(C)(C#N)CCCOc1ccc(F)c(F)c1. The number of rotatable bonds is 7. The summed E-state index contributed by atoms with van der Waals surface area (Å²) in [6.07, 6.45) is 1.27. The van der Waals surface area contributed by atoms with E-state index in [1.807, 2.05) is 13.8 Å². The molecule has 0 amide bonds. The Balaban J connectivity index is 2.38. The summed E-state index contributed by atoms with van der Waals surface area (Å²) < 4.78 is 30.9. The zero-order valence-corrected chi connectivity index (χ0v) is 11.2. The third kappa shape index (κ3) is 4.84. The van der Waals surface area contributed by atoms with Crippen LogP contribution in [-0.4, -0.2) is 18.7 Å². The van der Waals surface area contributed by atoms with Crippen LogP contribution in [0.3, 0.4) is 0 Å². The Labute approximate surface area is 112 Å². The molecule has 0 aromatic heterocycles. The number of hydrogen-bond acceptors (Lipinski definition) is 3. The highest BCUT2D eigenvalue weighted by Gasteiger charge is 2.21. The van der Waals surface area contributed by atoms with Gasteiger partial charge in [0, 0.05) is 6.07 Å². The largest absolute Gasteiger partial charge is 0.493 e. The summed E-state index contributed by atoms with van der Waals surface area (Å²) in [6, 6.07) is 5.65. The number of ether oxygens (including phenoxy) is 1. The van der Waals surface area contributed by atoms with Crippen LogP contribution >= 0.6 is 0 Å². The molecule has 0 radical (unpaired) electrons. The average Bonchev–Trinajstić information content (AvgIpc) is 2.39. The van der Waals surface area contributed by atoms with Crippen molar-refractivity contribution in [3.63, 3.8) is 0 Å². The van der Waals surface area contributed by atoms with Crippen LogP contribution in [0.25, 0.3) is 0 Å². The third-order valence-electron chi connectivity index (χ3n) is 2.79. The van der Waals surface area contributed by atoms with Gasteiger partial charge in [0.25, 0.3) is 0 Å². The van der Waals surface area contributed by atoms with Crippen LogP contribution in [0, 0.1) is 23.0 Å². The number of nitrogens with zero attached hydrogens (tertiary/aromatic N) is 1. The van der Waals surface area contributed by atoms with E-state index in [2.05, 4.69) is 11.4 Å². The lowest BCUT2D eigenvalue weighted by Crippen LogP contribution is -2.40. The molecule has 0 aliphatic carbocycles. The average molecular weight is 268 g/mol. The van der Waals surface area contributed by atoms with Gasteiger partial charge in [0.05, 0.1) is 12.7 Å². The monoisotopic (exact) mass is 268 g/mol. The van der Waals surface area contributed by atoms with Gasteiger partial charge in [-0.25, -0.2) is 8.78 Å². The molecule has 0 aliphatic heterocycles. The van der Waals surface area contributed by atoms with Crippen LogP contribution in [-0.2, 0) is 0 Å².